The molecule has 0 saturated carbocycles. The van der Waals surface area contributed by atoms with E-state index in [1.165, 1.54) is 10.5 Å². The van der Waals surface area contributed by atoms with Crippen molar-refractivity contribution in [2.75, 3.05) is 21.1 Å². The lowest BCUT2D eigenvalue weighted by Gasteiger charge is -2.18. The molecule has 4 heteroatoms. The van der Waals surface area contributed by atoms with Crippen molar-refractivity contribution in [1.82, 2.24) is 10.2 Å². The Bertz CT molecular complexity index is 387. The van der Waals surface area contributed by atoms with E-state index in [2.05, 4.69) is 12.2 Å². The summed E-state index contributed by atoms with van der Waals surface area (Å²) < 4.78 is 5.59. The molecule has 2 unspecified atom stereocenters. The van der Waals surface area contributed by atoms with Gasteiger partial charge in [0, 0.05) is 20.1 Å². The van der Waals surface area contributed by atoms with Crippen LogP contribution < -0.4 is 10.1 Å². The SMILES string of the molecule is CNC(C)c1ccc(OC(C)C(=O)N(C)C)cc1. The molecule has 0 aliphatic carbocycles. The highest BCUT2D eigenvalue weighted by molar-refractivity contribution is 5.80. The molecule has 0 radical (unpaired) electrons. The van der Waals surface area contributed by atoms with Crippen molar-refractivity contribution >= 4 is 5.91 Å². The zero-order valence-electron chi connectivity index (χ0n) is 11.7. The summed E-state index contributed by atoms with van der Waals surface area (Å²) in [6, 6.07) is 8.10. The van der Waals surface area contributed by atoms with Crippen molar-refractivity contribution < 1.29 is 9.53 Å². The van der Waals surface area contributed by atoms with E-state index in [1.807, 2.05) is 31.3 Å². The third-order valence-electron chi connectivity index (χ3n) is 2.91. The Morgan fingerprint density at radius 3 is 2.22 bits per heavy atom. The highest BCUT2D eigenvalue weighted by Gasteiger charge is 2.16. The Morgan fingerprint density at radius 2 is 1.78 bits per heavy atom. The van der Waals surface area contributed by atoms with Crippen molar-refractivity contribution in [3.63, 3.8) is 0 Å². The van der Waals surface area contributed by atoms with Crippen LogP contribution in [-0.2, 0) is 4.79 Å². The second-order valence-electron chi connectivity index (χ2n) is 4.57. The Kier molecular flexibility index (Phi) is 5.16. The van der Waals surface area contributed by atoms with Crippen LogP contribution in [0.15, 0.2) is 24.3 Å². The molecule has 0 heterocycles. The largest absolute Gasteiger partial charge is 0.481 e. The van der Waals surface area contributed by atoms with Gasteiger partial charge in [0.05, 0.1) is 0 Å². The number of ether oxygens (including phenoxy) is 1. The van der Waals surface area contributed by atoms with Crippen molar-refractivity contribution in [3.8, 4) is 5.75 Å². The van der Waals surface area contributed by atoms with Gasteiger partial charge < -0.3 is 15.0 Å². The third kappa shape index (κ3) is 3.74. The van der Waals surface area contributed by atoms with Gasteiger partial charge in [0.1, 0.15) is 5.75 Å². The van der Waals surface area contributed by atoms with Crippen LogP contribution in [0.2, 0.25) is 0 Å². The molecule has 1 aromatic carbocycles. The number of hydrogen-bond donors (Lipinski definition) is 1. The van der Waals surface area contributed by atoms with Crippen LogP contribution in [0.4, 0.5) is 0 Å². The van der Waals surface area contributed by atoms with Gasteiger partial charge in [-0.15, -0.1) is 0 Å². The van der Waals surface area contributed by atoms with Crippen LogP contribution in [0.5, 0.6) is 5.75 Å². The third-order valence-corrected chi connectivity index (χ3v) is 2.91. The first-order chi connectivity index (χ1) is 8.45. The maximum Gasteiger partial charge on any atom is 0.262 e. The Hall–Kier alpha value is -1.55. The van der Waals surface area contributed by atoms with E-state index in [9.17, 15) is 4.79 Å². The van der Waals surface area contributed by atoms with Crippen molar-refractivity contribution in [1.29, 1.82) is 0 Å². The maximum absolute atomic E-state index is 11.7. The zero-order valence-corrected chi connectivity index (χ0v) is 11.7. The lowest BCUT2D eigenvalue weighted by molar-refractivity contribution is -0.135. The minimum Gasteiger partial charge on any atom is -0.481 e. The van der Waals surface area contributed by atoms with Crippen LogP contribution in [0, 0.1) is 0 Å². The molecule has 1 amide bonds. The number of carbonyl (C=O) groups is 1. The zero-order chi connectivity index (χ0) is 13.7. The normalized spacial score (nSPS) is 13.8. The Balaban J connectivity index is 2.66. The summed E-state index contributed by atoms with van der Waals surface area (Å²) in [5.74, 6) is 0.674. The fourth-order valence-electron chi connectivity index (χ4n) is 1.62. The van der Waals surface area contributed by atoms with Crippen molar-refractivity contribution in [2.45, 2.75) is 26.0 Å². The number of likely N-dealkylation sites (N-methyl/N-ethyl adjacent to an activating group) is 1. The smallest absolute Gasteiger partial charge is 0.262 e. The molecule has 0 aromatic heterocycles. The molecule has 1 N–H and O–H groups in total. The minimum absolute atomic E-state index is 0.0392. The summed E-state index contributed by atoms with van der Waals surface area (Å²) in [6.07, 6.45) is -0.465. The van der Waals surface area contributed by atoms with Crippen LogP contribution in [0.1, 0.15) is 25.5 Å². The summed E-state index contributed by atoms with van der Waals surface area (Å²) in [7, 11) is 5.37. The molecule has 100 valence electrons. The number of hydrogen-bond acceptors (Lipinski definition) is 3. The fourth-order valence-corrected chi connectivity index (χ4v) is 1.62. The highest BCUT2D eigenvalue weighted by Crippen LogP contribution is 2.18. The first-order valence-electron chi connectivity index (χ1n) is 6.10. The van der Waals surface area contributed by atoms with Gasteiger partial charge in [-0.1, -0.05) is 12.1 Å². The predicted octanol–water partition coefficient (Wildman–Crippen LogP) is 1.82. The molecule has 2 atom stereocenters. The predicted molar refractivity (Wildman–Crippen MR) is 72.7 cm³/mol. The molecule has 0 bridgehead atoms. The number of benzene rings is 1. The standard InChI is InChI=1S/C14H22N2O2/c1-10(15-3)12-6-8-13(9-7-12)18-11(2)14(17)16(4)5/h6-11,15H,1-5H3. The molecule has 4 nitrogen and oxygen atoms in total. The van der Waals surface area contributed by atoms with Gasteiger partial charge in [0.2, 0.25) is 0 Å². The molecule has 1 aromatic rings. The first kappa shape index (κ1) is 14.5. The summed E-state index contributed by atoms with van der Waals surface area (Å²) in [5.41, 5.74) is 1.19. The van der Waals surface area contributed by atoms with E-state index in [1.54, 1.807) is 21.0 Å². The summed E-state index contributed by atoms with van der Waals surface area (Å²) in [4.78, 5) is 13.2. The summed E-state index contributed by atoms with van der Waals surface area (Å²) >= 11 is 0. The molecule has 0 fully saturated rings. The highest BCUT2D eigenvalue weighted by atomic mass is 16.5. The van der Waals surface area contributed by atoms with E-state index in [-0.39, 0.29) is 5.91 Å². The van der Waals surface area contributed by atoms with Crippen LogP contribution in [0.25, 0.3) is 0 Å². The van der Waals surface area contributed by atoms with Gasteiger partial charge in [-0.2, -0.15) is 0 Å². The second kappa shape index (κ2) is 6.40. The van der Waals surface area contributed by atoms with Crippen LogP contribution in [-0.4, -0.2) is 38.1 Å². The first-order valence-corrected chi connectivity index (χ1v) is 6.10. The van der Waals surface area contributed by atoms with Gasteiger partial charge in [-0.25, -0.2) is 0 Å². The van der Waals surface area contributed by atoms with Gasteiger partial charge in [0.15, 0.2) is 6.10 Å². The van der Waals surface area contributed by atoms with E-state index < -0.39 is 6.10 Å². The van der Waals surface area contributed by atoms with Crippen LogP contribution in [0.3, 0.4) is 0 Å². The second-order valence-corrected chi connectivity index (χ2v) is 4.57. The number of amides is 1. The lowest BCUT2D eigenvalue weighted by atomic mass is 10.1. The lowest BCUT2D eigenvalue weighted by Crippen LogP contribution is -2.35. The van der Waals surface area contributed by atoms with E-state index in [0.29, 0.717) is 11.8 Å². The molecule has 0 aliphatic rings. The molecule has 1 rings (SSSR count). The maximum atomic E-state index is 11.7. The molecular formula is C14H22N2O2. The Labute approximate surface area is 109 Å². The Morgan fingerprint density at radius 1 is 1.22 bits per heavy atom. The molecule has 0 spiro atoms. The number of nitrogens with zero attached hydrogens (tertiary/aromatic N) is 1. The monoisotopic (exact) mass is 250 g/mol. The fraction of sp³-hybridized carbons (Fsp3) is 0.500. The van der Waals surface area contributed by atoms with Gasteiger partial charge in [-0.3, -0.25) is 4.79 Å². The minimum atomic E-state index is -0.465. The van der Waals surface area contributed by atoms with Crippen LogP contribution >= 0.6 is 0 Å². The molecule has 0 saturated heterocycles. The average molecular weight is 250 g/mol. The quantitative estimate of drug-likeness (QED) is 0.866. The van der Waals surface area contributed by atoms with E-state index in [0.717, 1.165) is 0 Å². The molecular weight excluding hydrogens is 228 g/mol. The van der Waals surface area contributed by atoms with E-state index >= 15 is 0 Å². The number of rotatable bonds is 5. The number of nitrogens with one attached hydrogen (secondary N) is 1. The average Bonchev–Trinajstić information content (AvgIpc) is 2.37. The topological polar surface area (TPSA) is 41.6 Å². The van der Waals surface area contributed by atoms with Crippen molar-refractivity contribution in [3.05, 3.63) is 29.8 Å². The molecule has 0 aliphatic heterocycles. The summed E-state index contributed by atoms with van der Waals surface area (Å²) in [5, 5.41) is 3.17. The molecule has 18 heavy (non-hydrogen) atoms. The van der Waals surface area contributed by atoms with Crippen molar-refractivity contribution in [2.24, 2.45) is 0 Å². The number of carbonyl (C=O) groups excluding carboxylic acids is 1. The van der Waals surface area contributed by atoms with Gasteiger partial charge >= 0.3 is 0 Å². The van der Waals surface area contributed by atoms with Gasteiger partial charge in [0.25, 0.3) is 5.91 Å². The van der Waals surface area contributed by atoms with Gasteiger partial charge in [-0.05, 0) is 38.6 Å². The van der Waals surface area contributed by atoms with E-state index in [4.69, 9.17) is 4.74 Å². The summed E-state index contributed by atoms with van der Waals surface area (Å²) in [6.45, 7) is 3.85.